The molecule has 44 heavy (non-hydrogen) atoms. The highest BCUT2D eigenvalue weighted by Gasteiger charge is 2.35. The number of benzene rings is 2. The van der Waals surface area contributed by atoms with Crippen molar-refractivity contribution in [1.82, 2.24) is 35.5 Å². The molecule has 2 aromatic heterocycles. The van der Waals surface area contributed by atoms with Crippen LogP contribution in [0.3, 0.4) is 0 Å². The van der Waals surface area contributed by atoms with Crippen LogP contribution in [-0.2, 0) is 11.3 Å². The Morgan fingerprint density at radius 3 is 2.34 bits per heavy atom. The lowest BCUT2D eigenvalue weighted by atomic mass is 10.0. The summed E-state index contributed by atoms with van der Waals surface area (Å²) >= 11 is 0. The Morgan fingerprint density at radius 1 is 0.886 bits per heavy atom. The zero-order valence-corrected chi connectivity index (χ0v) is 25.5. The van der Waals surface area contributed by atoms with Gasteiger partial charge in [-0.1, -0.05) is 36.4 Å². The van der Waals surface area contributed by atoms with E-state index < -0.39 is 6.03 Å². The number of ether oxygens (including phenoxy) is 1. The molecule has 0 radical (unpaired) electrons. The lowest BCUT2D eigenvalue weighted by Crippen LogP contribution is -2.49. The Kier molecular flexibility index (Phi) is 9.77. The van der Waals surface area contributed by atoms with Crippen LogP contribution in [0.25, 0.3) is 22.5 Å². The smallest absolute Gasteiger partial charge is 0.333 e. The van der Waals surface area contributed by atoms with Crippen molar-refractivity contribution in [3.05, 3.63) is 77.6 Å². The number of urea groups is 1. The Bertz CT molecular complexity index is 1600. The second-order valence-electron chi connectivity index (χ2n) is 10.6. The van der Waals surface area contributed by atoms with Crippen LogP contribution in [0.15, 0.2) is 60.9 Å². The number of anilines is 2. The number of aromatic nitrogens is 4. The number of fused-ring (bicyclic) bond motifs is 3. The first-order chi connectivity index (χ1) is 20.6. The molecule has 2 aromatic carbocycles. The van der Waals surface area contributed by atoms with Gasteiger partial charge in [-0.15, -0.1) is 24.8 Å². The minimum absolute atomic E-state index is 0. The summed E-state index contributed by atoms with van der Waals surface area (Å²) in [5, 5.41) is 12.3. The first-order valence-corrected chi connectivity index (χ1v) is 14.1. The topological polar surface area (TPSA) is 132 Å². The van der Waals surface area contributed by atoms with Crippen molar-refractivity contribution in [2.45, 2.75) is 6.54 Å². The van der Waals surface area contributed by atoms with Gasteiger partial charge in [0.15, 0.2) is 5.78 Å². The number of nitrogens with one attached hydrogen (secondary N) is 3. The SMILES string of the molecule is Cl.Cl.O=C(Nc1cccc2c1C(=O)c1c(-c3ccc(CN4CCN(c5ncccn5)CC4)cc3)n[nH]c1-2)NN1CCOCC1. The van der Waals surface area contributed by atoms with E-state index in [1.54, 1.807) is 23.5 Å². The zero-order chi connectivity index (χ0) is 28.5. The van der Waals surface area contributed by atoms with Gasteiger partial charge in [-0.3, -0.25) is 20.2 Å². The van der Waals surface area contributed by atoms with Gasteiger partial charge in [0, 0.05) is 69.3 Å². The number of hydrogen-bond acceptors (Lipinski definition) is 9. The number of piperazine rings is 1. The number of amides is 2. The predicted molar refractivity (Wildman–Crippen MR) is 171 cm³/mol. The molecule has 0 saturated carbocycles. The molecule has 230 valence electrons. The predicted octanol–water partition coefficient (Wildman–Crippen LogP) is 3.61. The quantitative estimate of drug-likeness (QED) is 0.255. The molecule has 4 heterocycles. The van der Waals surface area contributed by atoms with Gasteiger partial charge in [0.25, 0.3) is 0 Å². The van der Waals surface area contributed by atoms with Gasteiger partial charge >= 0.3 is 6.03 Å². The number of carbonyl (C=O) groups excluding carboxylic acids is 2. The third-order valence-electron chi connectivity index (χ3n) is 7.91. The molecule has 0 atom stereocenters. The molecule has 2 saturated heterocycles. The van der Waals surface area contributed by atoms with Crippen LogP contribution in [0.2, 0.25) is 0 Å². The van der Waals surface area contributed by atoms with Crippen molar-refractivity contribution in [2.75, 3.05) is 62.7 Å². The Hall–Kier alpha value is -4.07. The van der Waals surface area contributed by atoms with Crippen molar-refractivity contribution in [3.63, 3.8) is 0 Å². The summed E-state index contributed by atoms with van der Waals surface area (Å²) in [6.07, 6.45) is 3.55. The maximum Gasteiger partial charge on any atom is 0.333 e. The average molecular weight is 639 g/mol. The Morgan fingerprint density at radius 2 is 1.61 bits per heavy atom. The van der Waals surface area contributed by atoms with Gasteiger partial charge in [-0.05, 0) is 17.7 Å². The fourth-order valence-corrected chi connectivity index (χ4v) is 5.76. The van der Waals surface area contributed by atoms with Gasteiger partial charge in [0.2, 0.25) is 5.95 Å². The van der Waals surface area contributed by atoms with Crippen LogP contribution in [0.1, 0.15) is 21.5 Å². The van der Waals surface area contributed by atoms with Crippen LogP contribution in [0.4, 0.5) is 16.4 Å². The van der Waals surface area contributed by atoms with Gasteiger partial charge in [0.1, 0.15) is 5.69 Å². The summed E-state index contributed by atoms with van der Waals surface area (Å²) < 4.78 is 5.33. The maximum absolute atomic E-state index is 13.7. The van der Waals surface area contributed by atoms with Crippen LogP contribution in [-0.4, -0.2) is 94.4 Å². The van der Waals surface area contributed by atoms with Crippen molar-refractivity contribution >= 4 is 48.3 Å². The monoisotopic (exact) mass is 637 g/mol. The average Bonchev–Trinajstić information content (AvgIpc) is 3.59. The molecular formula is C30H33Cl2N9O3. The van der Waals surface area contributed by atoms with Crippen LogP contribution in [0.5, 0.6) is 0 Å². The summed E-state index contributed by atoms with van der Waals surface area (Å²) in [5.74, 6) is 0.624. The number of morpholine rings is 1. The number of hydrazine groups is 1. The van der Waals surface area contributed by atoms with Crippen LogP contribution in [0, 0.1) is 0 Å². The highest BCUT2D eigenvalue weighted by molar-refractivity contribution is 6.26. The van der Waals surface area contributed by atoms with E-state index in [1.807, 2.05) is 30.3 Å². The van der Waals surface area contributed by atoms with E-state index in [2.05, 4.69) is 52.8 Å². The lowest BCUT2D eigenvalue weighted by molar-refractivity contribution is 0.0207. The van der Waals surface area contributed by atoms with Crippen molar-refractivity contribution in [2.24, 2.45) is 0 Å². The number of nitrogens with zero attached hydrogens (tertiary/aromatic N) is 6. The van der Waals surface area contributed by atoms with Gasteiger partial charge in [-0.25, -0.2) is 19.8 Å². The van der Waals surface area contributed by atoms with Crippen molar-refractivity contribution < 1.29 is 14.3 Å². The molecular weight excluding hydrogens is 605 g/mol. The van der Waals surface area contributed by atoms with Crippen molar-refractivity contribution in [1.29, 1.82) is 0 Å². The number of H-pyrrole nitrogens is 1. The highest BCUT2D eigenvalue weighted by Crippen LogP contribution is 2.42. The lowest BCUT2D eigenvalue weighted by Gasteiger charge is -2.34. The zero-order valence-electron chi connectivity index (χ0n) is 23.9. The molecule has 2 amide bonds. The van der Waals surface area contributed by atoms with E-state index in [0.717, 1.165) is 49.8 Å². The first-order valence-electron chi connectivity index (χ1n) is 14.1. The van der Waals surface area contributed by atoms with Gasteiger partial charge in [0.05, 0.1) is 35.7 Å². The second-order valence-corrected chi connectivity index (χ2v) is 10.6. The fourth-order valence-electron chi connectivity index (χ4n) is 5.76. The maximum atomic E-state index is 13.7. The van der Waals surface area contributed by atoms with E-state index in [4.69, 9.17) is 4.74 Å². The molecule has 3 aliphatic rings. The molecule has 0 unspecified atom stereocenters. The Labute approximate surface area is 267 Å². The molecule has 4 aromatic rings. The largest absolute Gasteiger partial charge is 0.379 e. The summed E-state index contributed by atoms with van der Waals surface area (Å²) in [5.41, 5.74) is 8.37. The van der Waals surface area contributed by atoms with Crippen LogP contribution >= 0.6 is 24.8 Å². The third-order valence-corrected chi connectivity index (χ3v) is 7.91. The molecule has 2 fully saturated rings. The molecule has 14 heteroatoms. The summed E-state index contributed by atoms with van der Waals surface area (Å²) in [4.78, 5) is 39.8. The first kappa shape index (κ1) is 31.4. The normalized spacial score (nSPS) is 16.4. The number of aromatic amines is 1. The Balaban J connectivity index is 0.00000192. The molecule has 3 N–H and O–H groups in total. The summed E-state index contributed by atoms with van der Waals surface area (Å²) in [7, 11) is 0. The minimum atomic E-state index is -0.391. The number of halogens is 2. The molecule has 0 bridgehead atoms. The summed E-state index contributed by atoms with van der Waals surface area (Å²) in [6, 6.07) is 15.1. The van der Waals surface area contributed by atoms with Crippen LogP contribution < -0.4 is 15.6 Å². The van der Waals surface area contributed by atoms with E-state index in [9.17, 15) is 9.59 Å². The standard InChI is InChI=1S/C30H31N9O3.2ClH/c40-28-24-22(3-1-4-23(24)33-30(41)36-39-15-17-42-18-16-39)27-25(28)26(34-35-27)21-7-5-20(6-8-21)19-37-11-13-38(14-12-37)29-31-9-2-10-32-29;;/h1-10H,11-19H2,(H,34,35)(H2,33,36,41);2*1H. The number of hydrogen-bond donors (Lipinski definition) is 3. The summed E-state index contributed by atoms with van der Waals surface area (Å²) in [6.45, 7) is 6.82. The highest BCUT2D eigenvalue weighted by atomic mass is 35.5. The molecule has 0 spiro atoms. The third kappa shape index (κ3) is 6.26. The van der Waals surface area contributed by atoms with E-state index in [1.165, 1.54) is 5.56 Å². The second kappa shape index (κ2) is 13.7. The molecule has 7 rings (SSSR count). The van der Waals surface area contributed by atoms with E-state index >= 15 is 0 Å². The van der Waals surface area contributed by atoms with E-state index in [-0.39, 0.29) is 30.6 Å². The molecule has 2 aliphatic heterocycles. The van der Waals surface area contributed by atoms with E-state index in [0.29, 0.717) is 54.5 Å². The fraction of sp³-hybridized carbons (Fsp3) is 0.300. The minimum Gasteiger partial charge on any atom is -0.379 e. The van der Waals surface area contributed by atoms with Crippen molar-refractivity contribution in [3.8, 4) is 22.5 Å². The number of ketones is 1. The number of carbonyl (C=O) groups is 2. The van der Waals surface area contributed by atoms with Gasteiger partial charge < -0.3 is 15.0 Å². The molecule has 1 aliphatic carbocycles. The number of rotatable bonds is 6. The van der Waals surface area contributed by atoms with Gasteiger partial charge in [-0.2, -0.15) is 5.10 Å². The molecule has 12 nitrogen and oxygen atoms in total.